The summed E-state index contributed by atoms with van der Waals surface area (Å²) in [5.74, 6) is -0.887. The zero-order valence-electron chi connectivity index (χ0n) is 11.7. The SMILES string of the molecule is CCCCC(c1ccccc1)[n+]1cccc(C(=O)O)c1. The van der Waals surface area contributed by atoms with Crippen molar-refractivity contribution in [3.8, 4) is 0 Å². The van der Waals surface area contributed by atoms with Crippen LogP contribution in [0.4, 0.5) is 0 Å². The Balaban J connectivity index is 2.36. The lowest BCUT2D eigenvalue weighted by atomic mass is 10.0. The van der Waals surface area contributed by atoms with Gasteiger partial charge in [-0.25, -0.2) is 4.79 Å². The Bertz CT molecular complexity index is 566. The predicted octanol–water partition coefficient (Wildman–Crippen LogP) is 3.45. The average Bonchev–Trinajstić information content (AvgIpc) is 2.49. The number of carbonyl (C=O) groups is 1. The molecular formula is C17H20NO2+. The second-order valence-corrected chi connectivity index (χ2v) is 4.91. The number of rotatable bonds is 6. The zero-order chi connectivity index (χ0) is 14.4. The highest BCUT2D eigenvalue weighted by molar-refractivity contribution is 5.86. The smallest absolute Gasteiger partial charge is 0.341 e. The molecule has 0 fully saturated rings. The van der Waals surface area contributed by atoms with Crippen LogP contribution in [0.25, 0.3) is 0 Å². The number of carboxylic acids is 1. The summed E-state index contributed by atoms with van der Waals surface area (Å²) in [5.41, 5.74) is 1.54. The van der Waals surface area contributed by atoms with Crippen molar-refractivity contribution in [2.24, 2.45) is 0 Å². The number of benzene rings is 1. The van der Waals surface area contributed by atoms with Gasteiger partial charge in [-0.05, 0) is 12.5 Å². The summed E-state index contributed by atoms with van der Waals surface area (Å²) < 4.78 is 2.01. The Labute approximate surface area is 119 Å². The molecule has 20 heavy (non-hydrogen) atoms. The third-order valence-corrected chi connectivity index (χ3v) is 3.44. The normalized spacial score (nSPS) is 12.1. The third-order valence-electron chi connectivity index (χ3n) is 3.44. The van der Waals surface area contributed by atoms with Crippen molar-refractivity contribution < 1.29 is 14.5 Å². The highest BCUT2D eigenvalue weighted by Gasteiger charge is 2.21. The summed E-state index contributed by atoms with van der Waals surface area (Å²) in [6.45, 7) is 2.17. The van der Waals surface area contributed by atoms with E-state index in [1.807, 2.05) is 29.0 Å². The van der Waals surface area contributed by atoms with Crippen LogP contribution >= 0.6 is 0 Å². The summed E-state index contributed by atoms with van der Waals surface area (Å²) in [6, 6.07) is 13.9. The monoisotopic (exact) mass is 270 g/mol. The van der Waals surface area contributed by atoms with Gasteiger partial charge in [0.05, 0.1) is 0 Å². The minimum absolute atomic E-state index is 0.190. The largest absolute Gasteiger partial charge is 0.477 e. The second-order valence-electron chi connectivity index (χ2n) is 4.91. The molecule has 0 amide bonds. The van der Waals surface area contributed by atoms with E-state index in [9.17, 15) is 4.79 Å². The van der Waals surface area contributed by atoms with Gasteiger partial charge >= 0.3 is 5.97 Å². The Morgan fingerprint density at radius 1 is 1.20 bits per heavy atom. The summed E-state index contributed by atoms with van der Waals surface area (Å²) in [7, 11) is 0. The maximum atomic E-state index is 11.1. The third kappa shape index (κ3) is 3.44. The van der Waals surface area contributed by atoms with Gasteiger partial charge in [-0.15, -0.1) is 0 Å². The second kappa shape index (κ2) is 6.85. The van der Waals surface area contributed by atoms with Gasteiger partial charge in [0.15, 0.2) is 18.4 Å². The van der Waals surface area contributed by atoms with E-state index in [1.54, 1.807) is 18.3 Å². The Kier molecular flexibility index (Phi) is 4.88. The van der Waals surface area contributed by atoms with Crippen molar-refractivity contribution in [1.82, 2.24) is 0 Å². The van der Waals surface area contributed by atoms with Crippen LogP contribution in [0.2, 0.25) is 0 Å². The van der Waals surface area contributed by atoms with Crippen LogP contribution in [0.5, 0.6) is 0 Å². The maximum Gasteiger partial charge on any atom is 0.341 e. The number of hydrogen-bond donors (Lipinski definition) is 1. The van der Waals surface area contributed by atoms with Gasteiger partial charge in [0.1, 0.15) is 5.56 Å². The van der Waals surface area contributed by atoms with Crippen LogP contribution in [0.3, 0.4) is 0 Å². The average molecular weight is 270 g/mol. The number of aromatic carboxylic acids is 1. The Morgan fingerprint density at radius 3 is 2.60 bits per heavy atom. The van der Waals surface area contributed by atoms with Crippen molar-refractivity contribution in [2.75, 3.05) is 0 Å². The zero-order valence-corrected chi connectivity index (χ0v) is 11.7. The van der Waals surface area contributed by atoms with Crippen LogP contribution in [-0.4, -0.2) is 11.1 Å². The first-order chi connectivity index (χ1) is 9.72. The Hall–Kier alpha value is -2.16. The van der Waals surface area contributed by atoms with Gasteiger partial charge in [0.2, 0.25) is 0 Å². The molecule has 1 N–H and O–H groups in total. The highest BCUT2D eigenvalue weighted by Crippen LogP contribution is 2.18. The molecule has 0 radical (unpaired) electrons. The molecule has 3 heteroatoms. The number of nitrogens with zero attached hydrogens (tertiary/aromatic N) is 1. The van der Waals surface area contributed by atoms with Crippen molar-refractivity contribution in [2.45, 2.75) is 32.2 Å². The van der Waals surface area contributed by atoms with E-state index in [0.29, 0.717) is 5.56 Å². The van der Waals surface area contributed by atoms with Crippen molar-refractivity contribution in [1.29, 1.82) is 0 Å². The van der Waals surface area contributed by atoms with Crippen molar-refractivity contribution in [3.05, 3.63) is 66.0 Å². The minimum Gasteiger partial charge on any atom is -0.477 e. The first-order valence-electron chi connectivity index (χ1n) is 7.01. The van der Waals surface area contributed by atoms with E-state index in [-0.39, 0.29) is 6.04 Å². The van der Waals surface area contributed by atoms with Gasteiger partial charge in [-0.2, -0.15) is 4.57 Å². The Morgan fingerprint density at radius 2 is 1.95 bits per heavy atom. The number of unbranched alkanes of at least 4 members (excludes halogenated alkanes) is 1. The molecule has 0 bridgehead atoms. The summed E-state index contributed by atoms with van der Waals surface area (Å²) in [5, 5.41) is 9.12. The van der Waals surface area contributed by atoms with Crippen LogP contribution in [0, 0.1) is 0 Å². The maximum absolute atomic E-state index is 11.1. The molecule has 2 aromatic rings. The van der Waals surface area contributed by atoms with Crippen LogP contribution < -0.4 is 4.57 Å². The first-order valence-corrected chi connectivity index (χ1v) is 7.01. The first kappa shape index (κ1) is 14.3. The van der Waals surface area contributed by atoms with Crippen molar-refractivity contribution >= 4 is 5.97 Å². The molecule has 1 unspecified atom stereocenters. The van der Waals surface area contributed by atoms with Crippen LogP contribution in [-0.2, 0) is 0 Å². The van der Waals surface area contributed by atoms with Gasteiger partial charge in [-0.3, -0.25) is 0 Å². The number of hydrogen-bond acceptors (Lipinski definition) is 1. The van der Waals surface area contributed by atoms with Gasteiger partial charge in [0.25, 0.3) is 0 Å². The molecule has 0 aliphatic carbocycles. The van der Waals surface area contributed by atoms with E-state index < -0.39 is 5.97 Å². The number of pyridine rings is 1. The molecule has 104 valence electrons. The van der Waals surface area contributed by atoms with E-state index in [0.717, 1.165) is 19.3 Å². The van der Waals surface area contributed by atoms with Crippen molar-refractivity contribution in [3.63, 3.8) is 0 Å². The topological polar surface area (TPSA) is 41.2 Å². The van der Waals surface area contributed by atoms with Crippen LogP contribution in [0.1, 0.15) is 48.1 Å². The molecule has 0 saturated carbocycles. The summed E-state index contributed by atoms with van der Waals surface area (Å²) in [6.07, 6.45) is 6.91. The lowest BCUT2D eigenvalue weighted by Crippen LogP contribution is -2.40. The molecule has 1 aromatic carbocycles. The molecule has 0 aliphatic heterocycles. The molecule has 0 spiro atoms. The standard InChI is InChI=1S/C17H19NO2/c1-2-3-11-16(14-8-5-4-6-9-14)18-12-7-10-15(13-18)17(19)20/h4-10,12-13,16H,2-3,11H2,1H3/p+1. The fourth-order valence-corrected chi connectivity index (χ4v) is 2.37. The van der Waals surface area contributed by atoms with Gasteiger partial charge in [-0.1, -0.05) is 43.7 Å². The lowest BCUT2D eigenvalue weighted by Gasteiger charge is -2.12. The summed E-state index contributed by atoms with van der Waals surface area (Å²) >= 11 is 0. The molecule has 1 aromatic heterocycles. The quantitative estimate of drug-likeness (QED) is 0.817. The molecule has 1 atom stereocenters. The number of carboxylic acid groups (broad SMARTS) is 1. The molecular weight excluding hydrogens is 250 g/mol. The number of aromatic nitrogens is 1. The van der Waals surface area contributed by atoms with E-state index in [4.69, 9.17) is 5.11 Å². The van der Waals surface area contributed by atoms with E-state index >= 15 is 0 Å². The van der Waals surface area contributed by atoms with E-state index in [1.165, 1.54) is 5.56 Å². The lowest BCUT2D eigenvalue weighted by molar-refractivity contribution is -0.714. The summed E-state index contributed by atoms with van der Waals surface area (Å²) in [4.78, 5) is 11.1. The van der Waals surface area contributed by atoms with Gasteiger partial charge < -0.3 is 5.11 Å². The molecule has 2 rings (SSSR count). The molecule has 3 nitrogen and oxygen atoms in total. The highest BCUT2D eigenvalue weighted by atomic mass is 16.4. The fraction of sp³-hybridized carbons (Fsp3) is 0.294. The van der Waals surface area contributed by atoms with Gasteiger partial charge in [0, 0.05) is 18.1 Å². The minimum atomic E-state index is -0.887. The molecule has 0 aliphatic rings. The predicted molar refractivity (Wildman–Crippen MR) is 77.7 cm³/mol. The fourth-order valence-electron chi connectivity index (χ4n) is 2.37. The van der Waals surface area contributed by atoms with Crippen LogP contribution in [0.15, 0.2) is 54.9 Å². The molecule has 1 heterocycles. The molecule has 0 saturated heterocycles. The van der Waals surface area contributed by atoms with E-state index in [2.05, 4.69) is 19.1 Å².